The number of rotatable bonds is 5. The van der Waals surface area contributed by atoms with Gasteiger partial charge >= 0.3 is 5.97 Å². The maximum atomic E-state index is 11.0. The first kappa shape index (κ1) is 17.7. The molecule has 0 aliphatic carbocycles. The van der Waals surface area contributed by atoms with E-state index in [4.69, 9.17) is 14.4 Å². The van der Waals surface area contributed by atoms with Gasteiger partial charge in [-0.1, -0.05) is 23.4 Å². The highest BCUT2D eigenvalue weighted by molar-refractivity contribution is 5.97. The molecule has 30 heavy (non-hydrogen) atoms. The molecule has 0 aliphatic heterocycles. The quantitative estimate of drug-likeness (QED) is 0.472. The average Bonchev–Trinajstić information content (AvgIpc) is 3.38. The maximum Gasteiger partial charge on any atom is 0.337 e. The third-order valence-corrected chi connectivity index (χ3v) is 4.52. The summed E-state index contributed by atoms with van der Waals surface area (Å²) in [6.45, 7) is 1.91. The highest BCUT2D eigenvalue weighted by Gasteiger charge is 2.18. The number of nitrogens with zero attached hydrogens (tertiary/aromatic N) is 6. The molecule has 1 N–H and O–H groups in total. The van der Waals surface area contributed by atoms with Gasteiger partial charge in [0.05, 0.1) is 11.3 Å². The molecule has 0 radical (unpaired) electrons. The summed E-state index contributed by atoms with van der Waals surface area (Å²) in [6, 6.07) is 12.4. The monoisotopic (exact) mass is 402 g/mol. The third kappa shape index (κ3) is 3.00. The second-order valence-electron chi connectivity index (χ2n) is 6.56. The molecule has 0 amide bonds. The zero-order valence-electron chi connectivity index (χ0n) is 15.7. The molecule has 4 aromatic heterocycles. The van der Waals surface area contributed by atoms with Crippen molar-refractivity contribution in [2.24, 2.45) is 0 Å². The molecule has 0 saturated carbocycles. The number of benzene rings is 1. The lowest BCUT2D eigenvalue weighted by molar-refractivity contribution is 0.0696. The summed E-state index contributed by atoms with van der Waals surface area (Å²) in [4.78, 5) is 15.1. The van der Waals surface area contributed by atoms with Crippen LogP contribution in [0.15, 0.2) is 53.2 Å². The minimum absolute atomic E-state index is 0.112. The number of aromatic nitrogens is 6. The molecule has 0 fully saturated rings. The van der Waals surface area contributed by atoms with Crippen LogP contribution in [0.1, 0.15) is 21.8 Å². The van der Waals surface area contributed by atoms with Crippen LogP contribution in [0.25, 0.3) is 27.9 Å². The Kier molecular flexibility index (Phi) is 4.09. The minimum Gasteiger partial charge on any atom is -0.478 e. The predicted octanol–water partition coefficient (Wildman–Crippen LogP) is 2.91. The van der Waals surface area contributed by atoms with Crippen LogP contribution in [0.3, 0.4) is 0 Å². The largest absolute Gasteiger partial charge is 0.478 e. The molecular formula is C20H14N6O4. The lowest BCUT2D eigenvalue weighted by Gasteiger charge is -2.09. The average molecular weight is 402 g/mol. The molecule has 0 saturated heterocycles. The van der Waals surface area contributed by atoms with E-state index in [2.05, 4.69) is 25.4 Å². The molecule has 10 heteroatoms. The Hall–Kier alpha value is -4.34. The Morgan fingerprint density at radius 1 is 1.17 bits per heavy atom. The van der Waals surface area contributed by atoms with Crippen molar-refractivity contribution in [1.29, 1.82) is 0 Å². The predicted molar refractivity (Wildman–Crippen MR) is 104 cm³/mol. The smallest absolute Gasteiger partial charge is 0.337 e. The normalized spacial score (nSPS) is 11.2. The van der Waals surface area contributed by atoms with E-state index < -0.39 is 5.97 Å². The van der Waals surface area contributed by atoms with Gasteiger partial charge in [0.15, 0.2) is 11.3 Å². The van der Waals surface area contributed by atoms with E-state index in [0.717, 1.165) is 10.8 Å². The number of carboxylic acids is 1. The first-order chi connectivity index (χ1) is 14.6. The molecule has 1 aromatic carbocycles. The van der Waals surface area contributed by atoms with Crippen molar-refractivity contribution in [2.75, 3.05) is 0 Å². The Labute approximate surface area is 168 Å². The van der Waals surface area contributed by atoms with Crippen molar-refractivity contribution in [3.8, 4) is 17.4 Å². The van der Waals surface area contributed by atoms with E-state index in [0.29, 0.717) is 34.5 Å². The van der Waals surface area contributed by atoms with Crippen LogP contribution in [-0.2, 0) is 6.61 Å². The van der Waals surface area contributed by atoms with Gasteiger partial charge in [0.1, 0.15) is 12.4 Å². The molecular weight excluding hydrogens is 388 g/mol. The molecule has 148 valence electrons. The number of aromatic carboxylic acids is 1. The van der Waals surface area contributed by atoms with Crippen molar-refractivity contribution < 1.29 is 19.2 Å². The van der Waals surface area contributed by atoms with Crippen LogP contribution in [0, 0.1) is 6.92 Å². The minimum atomic E-state index is -1.03. The number of carboxylic acid groups (broad SMARTS) is 1. The topological polar surface area (TPSA) is 129 Å². The van der Waals surface area contributed by atoms with Gasteiger partial charge in [0.2, 0.25) is 11.7 Å². The van der Waals surface area contributed by atoms with Crippen LogP contribution < -0.4 is 4.74 Å². The number of hydrogen-bond donors (Lipinski definition) is 1. The van der Waals surface area contributed by atoms with Crippen molar-refractivity contribution in [3.63, 3.8) is 0 Å². The Balaban J connectivity index is 1.57. The fourth-order valence-corrected chi connectivity index (χ4v) is 3.07. The number of pyridine rings is 1. The van der Waals surface area contributed by atoms with Gasteiger partial charge in [-0.15, -0.1) is 15.3 Å². The van der Waals surface area contributed by atoms with Crippen LogP contribution in [0.2, 0.25) is 0 Å². The van der Waals surface area contributed by atoms with Crippen molar-refractivity contribution in [3.05, 3.63) is 65.7 Å². The summed E-state index contributed by atoms with van der Waals surface area (Å²) < 4.78 is 12.6. The Morgan fingerprint density at radius 3 is 2.70 bits per heavy atom. The first-order valence-electron chi connectivity index (χ1n) is 8.99. The highest BCUT2D eigenvalue weighted by atomic mass is 16.5. The molecule has 10 nitrogen and oxygen atoms in total. The van der Waals surface area contributed by atoms with Gasteiger partial charge in [0.25, 0.3) is 0 Å². The maximum absolute atomic E-state index is 11.0. The zero-order chi connectivity index (χ0) is 20.7. The molecule has 5 aromatic rings. The van der Waals surface area contributed by atoms with E-state index in [-0.39, 0.29) is 12.2 Å². The number of aryl methyl sites for hydroxylation is 1. The number of hydrogen-bond acceptors (Lipinski definition) is 8. The van der Waals surface area contributed by atoms with Gasteiger partial charge in [-0.2, -0.15) is 4.52 Å². The number of ether oxygens (including phenoxy) is 1. The van der Waals surface area contributed by atoms with Crippen molar-refractivity contribution in [2.45, 2.75) is 13.5 Å². The van der Waals surface area contributed by atoms with Crippen LogP contribution in [-0.4, -0.2) is 41.0 Å². The van der Waals surface area contributed by atoms with Gasteiger partial charge in [-0.25, -0.2) is 4.79 Å². The zero-order valence-corrected chi connectivity index (χ0v) is 15.7. The molecule has 0 spiro atoms. The Morgan fingerprint density at radius 2 is 2.00 bits per heavy atom. The molecule has 0 unspecified atom stereocenters. The second-order valence-corrected chi connectivity index (χ2v) is 6.56. The summed E-state index contributed by atoms with van der Waals surface area (Å²) in [7, 11) is 0. The highest BCUT2D eigenvalue weighted by Crippen LogP contribution is 2.29. The summed E-state index contributed by atoms with van der Waals surface area (Å²) in [5.74, 6) is 0.413. The van der Waals surface area contributed by atoms with Crippen molar-refractivity contribution in [1.82, 2.24) is 30.0 Å². The molecule has 0 atom stereocenters. The van der Waals surface area contributed by atoms with Crippen LogP contribution in [0.5, 0.6) is 5.88 Å². The summed E-state index contributed by atoms with van der Waals surface area (Å²) in [5.41, 5.74) is 1.76. The van der Waals surface area contributed by atoms with Crippen LogP contribution >= 0.6 is 0 Å². The summed E-state index contributed by atoms with van der Waals surface area (Å²) >= 11 is 0. The van der Waals surface area contributed by atoms with Gasteiger partial charge < -0.3 is 14.4 Å². The van der Waals surface area contributed by atoms with Gasteiger partial charge in [-0.05, 0) is 25.1 Å². The molecule has 4 heterocycles. The SMILES string of the molecule is Cc1cc(-c2nnc3c4ccccc4c(OCc4ccc(C(=O)O)cn4)nn23)no1. The van der Waals surface area contributed by atoms with Gasteiger partial charge in [0, 0.05) is 23.0 Å². The summed E-state index contributed by atoms with van der Waals surface area (Å²) in [5, 5.41) is 27.6. The van der Waals surface area contributed by atoms with Gasteiger partial charge in [-0.3, -0.25) is 4.98 Å². The van der Waals surface area contributed by atoms with E-state index >= 15 is 0 Å². The number of carbonyl (C=O) groups is 1. The fraction of sp³-hybridized carbons (Fsp3) is 0.100. The fourth-order valence-electron chi connectivity index (χ4n) is 3.07. The van der Waals surface area contributed by atoms with E-state index in [1.807, 2.05) is 24.3 Å². The lowest BCUT2D eigenvalue weighted by Crippen LogP contribution is -2.05. The van der Waals surface area contributed by atoms with E-state index in [1.54, 1.807) is 23.6 Å². The molecule has 0 bridgehead atoms. The summed E-state index contributed by atoms with van der Waals surface area (Å²) in [6.07, 6.45) is 1.29. The van der Waals surface area contributed by atoms with E-state index in [1.165, 1.54) is 12.3 Å². The lowest BCUT2D eigenvalue weighted by atomic mass is 10.2. The molecule has 5 rings (SSSR count). The standard InChI is InChI=1S/C20H14N6O4/c1-11-8-16(25-30-11)18-23-22-17-14-4-2-3-5-15(14)19(24-26(17)18)29-10-13-7-6-12(9-21-13)20(27)28/h2-9H,10H2,1H3,(H,27,28). The van der Waals surface area contributed by atoms with E-state index in [9.17, 15) is 4.79 Å². The van der Waals surface area contributed by atoms with Crippen LogP contribution in [0.4, 0.5) is 0 Å². The molecule has 0 aliphatic rings. The third-order valence-electron chi connectivity index (χ3n) is 4.52. The Bertz CT molecular complexity index is 1390. The van der Waals surface area contributed by atoms with Crippen molar-refractivity contribution >= 4 is 22.4 Å². The number of fused-ring (bicyclic) bond motifs is 3. The second kappa shape index (κ2) is 6.92. The first-order valence-corrected chi connectivity index (χ1v) is 8.99.